The molecule has 0 atom stereocenters. The maximum atomic E-state index is 6.01. The number of fused-ring (bicyclic) bond motifs is 1. The summed E-state index contributed by atoms with van der Waals surface area (Å²) >= 11 is 3.83. The molecule has 0 bridgehead atoms. The van der Waals surface area contributed by atoms with E-state index in [0.717, 1.165) is 13.2 Å². The van der Waals surface area contributed by atoms with Crippen LogP contribution in [0.1, 0.15) is 87.7 Å². The first-order valence-corrected chi connectivity index (χ1v) is 12.2. The minimum Gasteiger partial charge on any atom is -0.347 e. The second-order valence-electron chi connectivity index (χ2n) is 7.63. The molecule has 0 N–H and O–H groups in total. The van der Waals surface area contributed by atoms with Crippen LogP contribution in [0, 0.1) is 5.92 Å². The first kappa shape index (κ1) is 20.3. The molecular weight excluding hydrogens is 360 g/mol. The normalized spacial score (nSPS) is 20.8. The molecule has 26 heavy (non-hydrogen) atoms. The molecule has 0 radical (unpaired) electrons. The third-order valence-electron chi connectivity index (χ3n) is 5.23. The Bertz CT molecular complexity index is 606. The maximum Gasteiger partial charge on any atom is 0.193 e. The second-order valence-corrected chi connectivity index (χ2v) is 10.1. The van der Waals surface area contributed by atoms with E-state index >= 15 is 0 Å². The van der Waals surface area contributed by atoms with E-state index in [1.807, 2.05) is 22.7 Å². The summed E-state index contributed by atoms with van der Waals surface area (Å²) < 4.78 is 13.4. The molecule has 0 spiro atoms. The minimum absolute atomic E-state index is 0.139. The molecule has 0 aliphatic carbocycles. The van der Waals surface area contributed by atoms with Gasteiger partial charge in [0.15, 0.2) is 6.29 Å². The smallest absolute Gasteiger partial charge is 0.193 e. The molecule has 0 amide bonds. The van der Waals surface area contributed by atoms with Crippen LogP contribution in [0.3, 0.4) is 0 Å². The van der Waals surface area contributed by atoms with E-state index in [1.54, 1.807) is 4.88 Å². The molecule has 3 heterocycles. The zero-order valence-corrected chi connectivity index (χ0v) is 18.1. The standard InChI is InChI=1S/C22H34O2S2/c1-3-5-7-8-9-10-12-19-13-18-14-20(26-22(18)25-19)21-23-15-17(16-24-21)11-6-4-2/h13-14,17,21H,3-12,15-16H2,1-2H3. The summed E-state index contributed by atoms with van der Waals surface area (Å²) in [6, 6.07) is 4.68. The molecule has 1 aliphatic heterocycles. The first-order chi connectivity index (χ1) is 12.8. The van der Waals surface area contributed by atoms with Crippen LogP contribution >= 0.6 is 22.7 Å². The molecule has 1 fully saturated rings. The number of ether oxygens (including phenoxy) is 2. The van der Waals surface area contributed by atoms with E-state index in [-0.39, 0.29) is 6.29 Å². The summed E-state index contributed by atoms with van der Waals surface area (Å²) in [4.78, 5) is 2.78. The van der Waals surface area contributed by atoms with Gasteiger partial charge in [0.1, 0.15) is 0 Å². The molecule has 2 aromatic heterocycles. The molecule has 1 saturated heterocycles. The first-order valence-electron chi connectivity index (χ1n) is 10.6. The van der Waals surface area contributed by atoms with Crippen LogP contribution in [-0.2, 0) is 15.9 Å². The molecule has 2 aromatic rings. The van der Waals surface area contributed by atoms with Gasteiger partial charge in [-0.1, -0.05) is 58.8 Å². The topological polar surface area (TPSA) is 18.5 Å². The van der Waals surface area contributed by atoms with Gasteiger partial charge >= 0.3 is 0 Å². The fourth-order valence-electron chi connectivity index (χ4n) is 3.60. The summed E-state index contributed by atoms with van der Waals surface area (Å²) in [5.41, 5.74) is 0. The highest BCUT2D eigenvalue weighted by molar-refractivity contribution is 7.38. The molecule has 0 saturated carbocycles. The average Bonchev–Trinajstić information content (AvgIpc) is 3.22. The van der Waals surface area contributed by atoms with Crippen LogP contribution in [0.15, 0.2) is 12.1 Å². The van der Waals surface area contributed by atoms with Crippen molar-refractivity contribution in [1.29, 1.82) is 0 Å². The Hall–Kier alpha value is -0.420. The molecule has 0 aromatic carbocycles. The highest BCUT2D eigenvalue weighted by atomic mass is 32.2. The van der Waals surface area contributed by atoms with Crippen molar-refractivity contribution in [3.63, 3.8) is 0 Å². The quantitative estimate of drug-likeness (QED) is 0.363. The molecule has 1 aliphatic rings. The van der Waals surface area contributed by atoms with Crippen molar-refractivity contribution >= 4 is 32.1 Å². The number of unbranched alkanes of at least 4 members (excludes halogenated alkanes) is 6. The van der Waals surface area contributed by atoms with Gasteiger partial charge in [-0.3, -0.25) is 0 Å². The van der Waals surface area contributed by atoms with Crippen molar-refractivity contribution in [2.45, 2.75) is 84.3 Å². The fourth-order valence-corrected chi connectivity index (χ4v) is 6.15. The van der Waals surface area contributed by atoms with E-state index in [2.05, 4.69) is 26.0 Å². The number of hydrogen-bond donors (Lipinski definition) is 0. The Morgan fingerprint density at radius 1 is 0.885 bits per heavy atom. The van der Waals surface area contributed by atoms with E-state index in [4.69, 9.17) is 9.47 Å². The lowest BCUT2D eigenvalue weighted by Gasteiger charge is -2.28. The van der Waals surface area contributed by atoms with E-state index in [1.165, 1.54) is 78.5 Å². The lowest BCUT2D eigenvalue weighted by Crippen LogP contribution is -2.26. The van der Waals surface area contributed by atoms with Gasteiger partial charge in [-0.25, -0.2) is 0 Å². The SMILES string of the molecule is CCCCCCCCc1cc2cc(C3OCC(CCCC)CO3)sc2s1. The molecular formula is C22H34O2S2. The van der Waals surface area contributed by atoms with Crippen LogP contribution in [0.2, 0.25) is 0 Å². The van der Waals surface area contributed by atoms with Gasteiger partial charge in [0.05, 0.1) is 22.1 Å². The van der Waals surface area contributed by atoms with Gasteiger partial charge in [-0.15, -0.1) is 22.7 Å². The number of aryl methyl sites for hydroxylation is 1. The van der Waals surface area contributed by atoms with E-state index in [9.17, 15) is 0 Å². The predicted octanol–water partition coefficient (Wildman–Crippen LogP) is 7.72. The summed E-state index contributed by atoms with van der Waals surface area (Å²) in [7, 11) is 0. The molecule has 3 rings (SSSR count). The maximum absolute atomic E-state index is 6.01. The lowest BCUT2D eigenvalue weighted by molar-refractivity contribution is -0.204. The van der Waals surface area contributed by atoms with Crippen molar-refractivity contribution in [3.8, 4) is 0 Å². The van der Waals surface area contributed by atoms with Crippen molar-refractivity contribution in [2.75, 3.05) is 13.2 Å². The van der Waals surface area contributed by atoms with Gasteiger partial charge in [0, 0.05) is 16.2 Å². The number of rotatable bonds is 11. The Kier molecular flexibility index (Phi) is 8.44. The Balaban J connectivity index is 1.45. The summed E-state index contributed by atoms with van der Waals surface area (Å²) in [5.74, 6) is 0.580. The van der Waals surface area contributed by atoms with Gasteiger partial charge < -0.3 is 9.47 Å². The third-order valence-corrected chi connectivity index (χ3v) is 7.70. The van der Waals surface area contributed by atoms with Crippen LogP contribution < -0.4 is 0 Å². The van der Waals surface area contributed by atoms with Crippen LogP contribution in [0.5, 0.6) is 0 Å². The van der Waals surface area contributed by atoms with Crippen molar-refractivity contribution in [1.82, 2.24) is 0 Å². The van der Waals surface area contributed by atoms with Gasteiger partial charge in [0.25, 0.3) is 0 Å². The van der Waals surface area contributed by atoms with Gasteiger partial charge in [-0.05, 0) is 31.4 Å². The van der Waals surface area contributed by atoms with E-state index in [0.29, 0.717) is 5.92 Å². The van der Waals surface area contributed by atoms with Gasteiger partial charge in [0.2, 0.25) is 0 Å². The van der Waals surface area contributed by atoms with Crippen molar-refractivity contribution in [2.24, 2.45) is 5.92 Å². The lowest BCUT2D eigenvalue weighted by atomic mass is 10.0. The minimum atomic E-state index is -0.139. The van der Waals surface area contributed by atoms with Crippen LogP contribution in [-0.4, -0.2) is 13.2 Å². The predicted molar refractivity (Wildman–Crippen MR) is 114 cm³/mol. The molecule has 146 valence electrons. The highest BCUT2D eigenvalue weighted by Gasteiger charge is 2.25. The molecule has 0 unspecified atom stereocenters. The Labute approximate surface area is 166 Å². The Morgan fingerprint density at radius 3 is 2.35 bits per heavy atom. The van der Waals surface area contributed by atoms with Crippen LogP contribution in [0.25, 0.3) is 9.40 Å². The molecule has 2 nitrogen and oxygen atoms in total. The second kappa shape index (κ2) is 10.8. The third kappa shape index (κ3) is 5.79. The van der Waals surface area contributed by atoms with Crippen LogP contribution in [0.4, 0.5) is 0 Å². The largest absolute Gasteiger partial charge is 0.347 e. The zero-order valence-electron chi connectivity index (χ0n) is 16.4. The monoisotopic (exact) mass is 394 g/mol. The summed E-state index contributed by atoms with van der Waals surface area (Å²) in [5, 5.41) is 1.39. The summed E-state index contributed by atoms with van der Waals surface area (Å²) in [6.45, 7) is 6.21. The number of thiophene rings is 2. The van der Waals surface area contributed by atoms with E-state index < -0.39 is 0 Å². The fraction of sp³-hybridized carbons (Fsp3) is 0.727. The highest BCUT2D eigenvalue weighted by Crippen LogP contribution is 2.39. The average molecular weight is 395 g/mol. The van der Waals surface area contributed by atoms with Crippen molar-refractivity contribution < 1.29 is 9.47 Å². The molecule has 4 heteroatoms. The summed E-state index contributed by atoms with van der Waals surface area (Å²) in [6.07, 6.45) is 13.1. The van der Waals surface area contributed by atoms with Gasteiger partial charge in [-0.2, -0.15) is 0 Å². The Morgan fingerprint density at radius 2 is 1.62 bits per heavy atom. The zero-order chi connectivity index (χ0) is 18.2. The van der Waals surface area contributed by atoms with Crippen molar-refractivity contribution in [3.05, 3.63) is 21.9 Å². The number of hydrogen-bond acceptors (Lipinski definition) is 4.